The third kappa shape index (κ3) is 6.98. The van der Waals surface area contributed by atoms with E-state index in [-0.39, 0.29) is 5.92 Å². The maximum atomic E-state index is 10.6. The van der Waals surface area contributed by atoms with Crippen molar-refractivity contribution in [1.82, 2.24) is 24.3 Å². The van der Waals surface area contributed by atoms with Gasteiger partial charge in [-0.15, -0.1) is 5.10 Å². The molecule has 2 aromatic heterocycles. The number of imidazole rings is 1. The van der Waals surface area contributed by atoms with E-state index in [1.807, 2.05) is 39.6 Å². The number of anilines is 2. The van der Waals surface area contributed by atoms with Gasteiger partial charge in [-0.3, -0.25) is 0 Å². The van der Waals surface area contributed by atoms with E-state index in [4.69, 9.17) is 59.5 Å². The molecule has 3 heterocycles. The lowest BCUT2D eigenvalue weighted by molar-refractivity contribution is -0.192. The number of carboxylic acid groups (broad SMARTS) is 1. The number of methoxy groups -OCH3 is 1. The van der Waals surface area contributed by atoms with Gasteiger partial charge in [0.2, 0.25) is 5.95 Å². The Balaban J connectivity index is 0.000000470. The molecule has 0 fully saturated rings. The molecule has 9 nitrogen and oxygen atoms in total. The Morgan fingerprint density at radius 2 is 1.90 bits per heavy atom. The number of alkyl halides is 3. The third-order valence-corrected chi connectivity index (χ3v) is 6.73. The molecule has 2 aromatic carbocycles. The number of aliphatic carboxylic acids is 1. The van der Waals surface area contributed by atoms with E-state index >= 15 is 0 Å². The van der Waals surface area contributed by atoms with Gasteiger partial charge in [-0.25, -0.2) is 14.5 Å². The van der Waals surface area contributed by atoms with Crippen molar-refractivity contribution >= 4 is 52.4 Å². The molecule has 4 aromatic rings. The van der Waals surface area contributed by atoms with E-state index in [2.05, 4.69) is 10.3 Å². The van der Waals surface area contributed by atoms with Gasteiger partial charge in [0, 0.05) is 40.5 Å². The van der Waals surface area contributed by atoms with Gasteiger partial charge in [-0.2, -0.15) is 18.2 Å². The Labute approximate surface area is 241 Å². The highest BCUT2D eigenvalue weighted by molar-refractivity contribution is 6.35. The molecule has 5 rings (SSSR count). The van der Waals surface area contributed by atoms with Crippen LogP contribution < -0.4 is 10.1 Å². The standard InChI is InChI=1S/C23H21Cl3N6O.C2HF3O2/c1-33-20-11-15(6-8-19(20)31-12-21(26)27-13-31)28-23-29-22-17(4-2-3-9-32(22)30-23)16-7-5-14(24)10-18(16)25;3-2(4,5)1(6)7/h5-8,10-13,17H,2-4,9H2,1H3,(H,28,30);(H,6,7). The highest BCUT2D eigenvalue weighted by atomic mass is 35.5. The molecule has 212 valence electrons. The van der Waals surface area contributed by atoms with Crippen LogP contribution in [0.3, 0.4) is 0 Å². The number of ether oxygens (including phenoxy) is 1. The number of nitrogens with one attached hydrogen (secondary N) is 1. The van der Waals surface area contributed by atoms with Crippen LogP contribution in [0.1, 0.15) is 36.6 Å². The van der Waals surface area contributed by atoms with Gasteiger partial charge < -0.3 is 19.7 Å². The van der Waals surface area contributed by atoms with Crippen molar-refractivity contribution in [2.45, 2.75) is 37.9 Å². The molecule has 0 aliphatic carbocycles. The lowest BCUT2D eigenvalue weighted by atomic mass is 9.93. The fraction of sp³-hybridized carbons (Fsp3) is 0.280. The first-order valence-electron chi connectivity index (χ1n) is 11.8. The van der Waals surface area contributed by atoms with E-state index in [9.17, 15) is 13.2 Å². The minimum absolute atomic E-state index is 0.0585. The monoisotopic (exact) mass is 616 g/mol. The molecule has 2 N–H and O–H groups in total. The average molecular weight is 618 g/mol. The zero-order valence-electron chi connectivity index (χ0n) is 20.8. The number of hydrogen-bond donors (Lipinski definition) is 2. The zero-order chi connectivity index (χ0) is 29.0. The van der Waals surface area contributed by atoms with Crippen molar-refractivity contribution < 1.29 is 27.8 Å². The van der Waals surface area contributed by atoms with Gasteiger partial charge in [0.05, 0.1) is 12.8 Å². The van der Waals surface area contributed by atoms with E-state index in [1.54, 1.807) is 25.7 Å². The quantitative estimate of drug-likeness (QED) is 0.245. The topological polar surface area (TPSA) is 107 Å². The number of halogens is 6. The van der Waals surface area contributed by atoms with Crippen molar-refractivity contribution in [3.63, 3.8) is 0 Å². The second kappa shape index (κ2) is 12.4. The van der Waals surface area contributed by atoms with Crippen molar-refractivity contribution in [3.05, 3.63) is 75.5 Å². The number of fused-ring (bicyclic) bond motifs is 1. The number of carbonyl (C=O) groups is 1. The summed E-state index contributed by atoms with van der Waals surface area (Å²) in [6, 6.07) is 11.4. The third-order valence-electron chi connectivity index (χ3n) is 5.97. The summed E-state index contributed by atoms with van der Waals surface area (Å²) in [4.78, 5) is 17.8. The summed E-state index contributed by atoms with van der Waals surface area (Å²) in [5, 5.41) is 16.8. The van der Waals surface area contributed by atoms with Crippen LogP contribution in [-0.2, 0) is 11.3 Å². The predicted octanol–water partition coefficient (Wildman–Crippen LogP) is 7.13. The Morgan fingerprint density at radius 3 is 2.52 bits per heavy atom. The van der Waals surface area contributed by atoms with E-state index in [0.29, 0.717) is 26.9 Å². The van der Waals surface area contributed by atoms with Crippen LogP contribution >= 0.6 is 34.8 Å². The van der Waals surface area contributed by atoms with Crippen molar-refractivity contribution in [2.75, 3.05) is 12.4 Å². The summed E-state index contributed by atoms with van der Waals surface area (Å²) in [6.45, 7) is 0.815. The second-order valence-corrected chi connectivity index (χ2v) is 9.88. The van der Waals surface area contributed by atoms with E-state index in [1.165, 1.54) is 0 Å². The lowest BCUT2D eigenvalue weighted by Crippen LogP contribution is -2.21. The van der Waals surface area contributed by atoms with Crippen LogP contribution in [0.15, 0.2) is 48.9 Å². The molecule has 0 saturated carbocycles. The van der Waals surface area contributed by atoms with Crippen molar-refractivity contribution in [1.29, 1.82) is 0 Å². The SMILES string of the molecule is COc1cc(Nc2nc3n(n2)CCCCC3c2ccc(Cl)cc2Cl)ccc1-n1cnc(Cl)c1.O=C(O)C(F)(F)F. The largest absolute Gasteiger partial charge is 0.494 e. The summed E-state index contributed by atoms with van der Waals surface area (Å²) in [7, 11) is 1.62. The van der Waals surface area contributed by atoms with Crippen LogP contribution in [0.4, 0.5) is 24.8 Å². The molecule has 15 heteroatoms. The number of hydrogen-bond acceptors (Lipinski definition) is 6. The molecule has 0 spiro atoms. The molecular formula is C25H22Cl3F3N6O3. The Kier molecular flexibility index (Phi) is 9.12. The maximum absolute atomic E-state index is 10.6. The Bertz CT molecular complexity index is 1510. The first-order valence-corrected chi connectivity index (χ1v) is 12.9. The molecule has 0 amide bonds. The lowest BCUT2D eigenvalue weighted by Gasteiger charge is -2.16. The second-order valence-electron chi connectivity index (χ2n) is 8.65. The first-order chi connectivity index (χ1) is 19.0. The summed E-state index contributed by atoms with van der Waals surface area (Å²) in [6.07, 6.45) is 1.35. The summed E-state index contributed by atoms with van der Waals surface area (Å²) < 4.78 is 41.1. The van der Waals surface area contributed by atoms with Crippen LogP contribution in [0, 0.1) is 0 Å². The van der Waals surface area contributed by atoms with Gasteiger partial charge >= 0.3 is 12.1 Å². The zero-order valence-corrected chi connectivity index (χ0v) is 23.1. The molecule has 1 aliphatic rings. The highest BCUT2D eigenvalue weighted by Gasteiger charge is 2.38. The molecule has 1 unspecified atom stereocenters. The number of aromatic nitrogens is 5. The van der Waals surface area contributed by atoms with Gasteiger partial charge in [0.25, 0.3) is 0 Å². The van der Waals surface area contributed by atoms with Crippen LogP contribution in [0.25, 0.3) is 5.69 Å². The number of carboxylic acids is 1. The van der Waals surface area contributed by atoms with Crippen molar-refractivity contribution in [3.8, 4) is 11.4 Å². The van der Waals surface area contributed by atoms with Gasteiger partial charge in [-0.1, -0.05) is 47.3 Å². The molecule has 0 radical (unpaired) electrons. The van der Waals surface area contributed by atoms with Crippen molar-refractivity contribution in [2.24, 2.45) is 0 Å². The van der Waals surface area contributed by atoms with E-state index < -0.39 is 12.1 Å². The van der Waals surface area contributed by atoms with Crippen LogP contribution in [0.5, 0.6) is 5.75 Å². The summed E-state index contributed by atoms with van der Waals surface area (Å²) >= 11 is 18.6. The smallest absolute Gasteiger partial charge is 0.490 e. The van der Waals surface area contributed by atoms with Crippen LogP contribution in [0.2, 0.25) is 15.2 Å². The molecule has 1 atom stereocenters. The first kappa shape index (κ1) is 29.5. The fourth-order valence-electron chi connectivity index (χ4n) is 4.18. The van der Waals surface area contributed by atoms with E-state index in [0.717, 1.165) is 48.6 Å². The minimum Gasteiger partial charge on any atom is -0.494 e. The molecule has 1 aliphatic heterocycles. The van der Waals surface area contributed by atoms with Gasteiger partial charge in [0.1, 0.15) is 23.1 Å². The molecular weight excluding hydrogens is 596 g/mol. The number of nitrogens with zero attached hydrogens (tertiary/aromatic N) is 5. The summed E-state index contributed by atoms with van der Waals surface area (Å²) in [5.74, 6) is -0.602. The number of rotatable bonds is 5. The van der Waals surface area contributed by atoms with Gasteiger partial charge in [0.15, 0.2) is 0 Å². The number of benzene rings is 2. The fourth-order valence-corrected chi connectivity index (χ4v) is 4.86. The highest BCUT2D eigenvalue weighted by Crippen LogP contribution is 2.37. The molecule has 40 heavy (non-hydrogen) atoms. The Hall–Kier alpha value is -3.48. The Morgan fingerprint density at radius 1 is 1.15 bits per heavy atom. The normalized spacial score (nSPS) is 14.9. The molecule has 0 bridgehead atoms. The van der Waals surface area contributed by atoms with Gasteiger partial charge in [-0.05, 0) is 42.7 Å². The summed E-state index contributed by atoms with van der Waals surface area (Å²) in [5.41, 5.74) is 2.66. The predicted molar refractivity (Wildman–Crippen MR) is 144 cm³/mol. The number of aryl methyl sites for hydroxylation is 1. The molecule has 0 saturated heterocycles. The van der Waals surface area contributed by atoms with Crippen LogP contribution in [-0.4, -0.2) is 48.7 Å². The minimum atomic E-state index is -5.08. The maximum Gasteiger partial charge on any atom is 0.490 e. The average Bonchev–Trinajstić information content (AvgIpc) is 3.45.